The number of aromatic nitrogens is 1. The van der Waals surface area contributed by atoms with Gasteiger partial charge >= 0.3 is 0 Å². The lowest BCUT2D eigenvalue weighted by Crippen LogP contribution is -2.02. The highest BCUT2D eigenvalue weighted by Gasteiger charge is 2.17. The largest absolute Gasteiger partial charge is 0.382 e. The van der Waals surface area contributed by atoms with Crippen molar-refractivity contribution < 1.29 is 5.11 Å². The lowest BCUT2D eigenvalue weighted by Gasteiger charge is -2.11. The summed E-state index contributed by atoms with van der Waals surface area (Å²) in [6, 6.07) is 8.00. The van der Waals surface area contributed by atoms with E-state index in [-0.39, 0.29) is 0 Å². The zero-order valence-electron chi connectivity index (χ0n) is 10.8. The summed E-state index contributed by atoms with van der Waals surface area (Å²) in [5, 5.41) is 10.4. The first kappa shape index (κ1) is 11.9. The molecule has 0 fully saturated rings. The number of aryl methyl sites for hydroxylation is 2. The van der Waals surface area contributed by atoms with Crippen LogP contribution < -0.4 is 0 Å². The van der Waals surface area contributed by atoms with Crippen LogP contribution in [0.4, 0.5) is 0 Å². The molecule has 0 aliphatic carbocycles. The maximum Gasteiger partial charge on any atom is 0.119 e. The molecule has 0 aliphatic heterocycles. The molecule has 1 aromatic heterocycles. The van der Waals surface area contributed by atoms with E-state index in [0.29, 0.717) is 0 Å². The predicted molar refractivity (Wildman–Crippen MR) is 70.2 cm³/mol. The molecule has 0 saturated heterocycles. The fourth-order valence-electron chi connectivity index (χ4n) is 2.15. The zero-order chi connectivity index (χ0) is 12.6. The number of hydrogen-bond donors (Lipinski definition) is 2. The first-order valence-electron chi connectivity index (χ1n) is 5.91. The number of H-pyrrole nitrogens is 1. The Labute approximate surface area is 102 Å². The highest BCUT2D eigenvalue weighted by molar-refractivity contribution is 5.39. The average Bonchev–Trinajstić information content (AvgIpc) is 2.56. The second-order valence-electron chi connectivity index (χ2n) is 4.73. The summed E-state index contributed by atoms with van der Waals surface area (Å²) < 4.78 is 0. The third-order valence-electron chi connectivity index (χ3n) is 3.48. The van der Waals surface area contributed by atoms with Crippen molar-refractivity contribution in [2.24, 2.45) is 0 Å². The second-order valence-corrected chi connectivity index (χ2v) is 4.73. The lowest BCUT2D eigenvalue weighted by atomic mass is 10.0. The van der Waals surface area contributed by atoms with Crippen LogP contribution in [0.1, 0.15) is 39.7 Å². The summed E-state index contributed by atoms with van der Waals surface area (Å²) in [6.45, 7) is 8.20. The zero-order valence-corrected chi connectivity index (χ0v) is 10.8. The molecule has 2 aromatic rings. The van der Waals surface area contributed by atoms with Crippen LogP contribution in [0.2, 0.25) is 0 Å². The van der Waals surface area contributed by atoms with Gasteiger partial charge in [0.2, 0.25) is 0 Å². The van der Waals surface area contributed by atoms with Crippen LogP contribution in [0.3, 0.4) is 0 Å². The first-order valence-corrected chi connectivity index (χ1v) is 5.91. The van der Waals surface area contributed by atoms with Crippen LogP contribution in [-0.2, 0) is 0 Å². The Kier molecular flexibility index (Phi) is 3.07. The summed E-state index contributed by atoms with van der Waals surface area (Å²) >= 11 is 0. The smallest absolute Gasteiger partial charge is 0.119 e. The standard InChI is InChI=1S/C15H19NO/c1-9-6-5-7-13(8-9)15(17)14-11(3)10(2)12(4)16-14/h5-8,15-17H,1-4H3. The Morgan fingerprint density at radius 3 is 2.29 bits per heavy atom. The van der Waals surface area contributed by atoms with Gasteiger partial charge in [0.1, 0.15) is 6.10 Å². The molecule has 0 bridgehead atoms. The molecule has 0 amide bonds. The molecular weight excluding hydrogens is 210 g/mol. The number of aliphatic hydroxyl groups is 1. The Morgan fingerprint density at radius 2 is 1.76 bits per heavy atom. The number of rotatable bonds is 2. The van der Waals surface area contributed by atoms with Gasteiger partial charge in [0.15, 0.2) is 0 Å². The normalized spacial score (nSPS) is 12.8. The molecule has 2 nitrogen and oxygen atoms in total. The van der Waals surface area contributed by atoms with Crippen molar-refractivity contribution in [3.63, 3.8) is 0 Å². The number of benzene rings is 1. The average molecular weight is 229 g/mol. The van der Waals surface area contributed by atoms with Crippen molar-refractivity contribution in [2.75, 3.05) is 0 Å². The second kappa shape index (κ2) is 4.38. The topological polar surface area (TPSA) is 36.0 Å². The predicted octanol–water partition coefficient (Wildman–Crippen LogP) is 3.33. The van der Waals surface area contributed by atoms with E-state index in [0.717, 1.165) is 22.5 Å². The number of hydrogen-bond acceptors (Lipinski definition) is 1. The quantitative estimate of drug-likeness (QED) is 0.814. The SMILES string of the molecule is Cc1cccc(C(O)c2[nH]c(C)c(C)c2C)c1. The van der Waals surface area contributed by atoms with E-state index in [1.54, 1.807) is 0 Å². The number of aromatic amines is 1. The Bertz CT molecular complexity index is 540. The summed E-state index contributed by atoms with van der Waals surface area (Å²) in [7, 11) is 0. The maximum absolute atomic E-state index is 10.4. The molecule has 1 aromatic carbocycles. The molecule has 2 rings (SSSR count). The Balaban J connectivity index is 2.43. The first-order chi connectivity index (χ1) is 8.00. The fraction of sp³-hybridized carbons (Fsp3) is 0.333. The van der Waals surface area contributed by atoms with E-state index in [1.807, 2.05) is 45.0 Å². The van der Waals surface area contributed by atoms with Crippen molar-refractivity contribution in [2.45, 2.75) is 33.8 Å². The van der Waals surface area contributed by atoms with Crippen LogP contribution >= 0.6 is 0 Å². The van der Waals surface area contributed by atoms with Gasteiger partial charge in [0.25, 0.3) is 0 Å². The van der Waals surface area contributed by atoms with Gasteiger partial charge in [-0.15, -0.1) is 0 Å². The molecule has 17 heavy (non-hydrogen) atoms. The van der Waals surface area contributed by atoms with E-state index < -0.39 is 6.10 Å². The van der Waals surface area contributed by atoms with Crippen LogP contribution in [0, 0.1) is 27.7 Å². The molecule has 0 saturated carbocycles. The minimum absolute atomic E-state index is 0.567. The Hall–Kier alpha value is -1.54. The highest BCUT2D eigenvalue weighted by atomic mass is 16.3. The molecule has 0 radical (unpaired) electrons. The summed E-state index contributed by atoms with van der Waals surface area (Å²) in [6.07, 6.45) is -0.567. The third kappa shape index (κ3) is 2.13. The van der Waals surface area contributed by atoms with Gasteiger partial charge in [-0.05, 0) is 44.4 Å². The number of aliphatic hydroxyl groups excluding tert-OH is 1. The maximum atomic E-state index is 10.4. The van der Waals surface area contributed by atoms with Gasteiger partial charge in [-0.3, -0.25) is 0 Å². The summed E-state index contributed by atoms with van der Waals surface area (Å²) in [5.41, 5.74) is 6.52. The van der Waals surface area contributed by atoms with Gasteiger partial charge < -0.3 is 10.1 Å². The molecule has 2 N–H and O–H groups in total. The van der Waals surface area contributed by atoms with Gasteiger partial charge in [-0.2, -0.15) is 0 Å². The monoisotopic (exact) mass is 229 g/mol. The van der Waals surface area contributed by atoms with Crippen molar-refractivity contribution in [3.05, 3.63) is 57.9 Å². The molecule has 0 aliphatic rings. The molecule has 1 heterocycles. The molecular formula is C15H19NO. The minimum atomic E-state index is -0.567. The van der Waals surface area contributed by atoms with Gasteiger partial charge in [-0.25, -0.2) is 0 Å². The highest BCUT2D eigenvalue weighted by Crippen LogP contribution is 2.27. The van der Waals surface area contributed by atoms with Crippen molar-refractivity contribution in [3.8, 4) is 0 Å². The summed E-state index contributed by atoms with van der Waals surface area (Å²) in [5.74, 6) is 0. The van der Waals surface area contributed by atoms with Gasteiger partial charge in [0.05, 0.1) is 5.69 Å². The van der Waals surface area contributed by atoms with Gasteiger partial charge in [-0.1, -0.05) is 29.8 Å². The van der Waals surface area contributed by atoms with E-state index in [1.165, 1.54) is 11.1 Å². The molecule has 0 spiro atoms. The van der Waals surface area contributed by atoms with Crippen LogP contribution in [0.5, 0.6) is 0 Å². The lowest BCUT2D eigenvalue weighted by molar-refractivity contribution is 0.215. The third-order valence-corrected chi connectivity index (χ3v) is 3.48. The van der Waals surface area contributed by atoms with E-state index >= 15 is 0 Å². The van der Waals surface area contributed by atoms with E-state index in [4.69, 9.17) is 0 Å². The fourth-order valence-corrected chi connectivity index (χ4v) is 2.15. The molecule has 90 valence electrons. The molecule has 1 atom stereocenters. The summed E-state index contributed by atoms with van der Waals surface area (Å²) in [4.78, 5) is 3.28. The minimum Gasteiger partial charge on any atom is -0.382 e. The van der Waals surface area contributed by atoms with Gasteiger partial charge in [0, 0.05) is 5.69 Å². The number of nitrogens with one attached hydrogen (secondary N) is 1. The van der Waals surface area contributed by atoms with E-state index in [9.17, 15) is 5.11 Å². The van der Waals surface area contributed by atoms with Crippen molar-refractivity contribution >= 4 is 0 Å². The van der Waals surface area contributed by atoms with Crippen molar-refractivity contribution in [1.29, 1.82) is 0 Å². The van der Waals surface area contributed by atoms with Crippen LogP contribution in [-0.4, -0.2) is 10.1 Å². The molecule has 1 unspecified atom stereocenters. The van der Waals surface area contributed by atoms with Crippen LogP contribution in [0.25, 0.3) is 0 Å². The molecule has 2 heteroatoms. The Morgan fingerprint density at radius 1 is 1.06 bits per heavy atom. The van der Waals surface area contributed by atoms with Crippen molar-refractivity contribution in [1.82, 2.24) is 4.98 Å². The van der Waals surface area contributed by atoms with Crippen LogP contribution in [0.15, 0.2) is 24.3 Å². The van der Waals surface area contributed by atoms with E-state index in [2.05, 4.69) is 11.9 Å².